The molecule has 0 amide bonds. The van der Waals surface area contributed by atoms with Gasteiger partial charge in [0.05, 0.1) is 25.8 Å². The maximum Gasteiger partial charge on any atom is 0.162 e. The summed E-state index contributed by atoms with van der Waals surface area (Å²) in [6.07, 6.45) is 2.12. The molecule has 0 bridgehead atoms. The van der Waals surface area contributed by atoms with Gasteiger partial charge in [-0.2, -0.15) is 0 Å². The molecule has 0 radical (unpaired) electrons. The molecule has 1 aromatic heterocycles. The minimum absolute atomic E-state index is 0.482. The molecule has 0 saturated carbocycles. The first-order valence-corrected chi connectivity index (χ1v) is 14.5. The molecule has 3 aromatic carbocycles. The van der Waals surface area contributed by atoms with E-state index < -0.39 is 0 Å². The van der Waals surface area contributed by atoms with Crippen LogP contribution in [0.15, 0.2) is 72.8 Å². The van der Waals surface area contributed by atoms with Crippen LogP contribution in [-0.4, -0.2) is 81.5 Å². The molecule has 2 fully saturated rings. The Morgan fingerprint density at radius 1 is 0.900 bits per heavy atom. The average molecular weight is 538 g/mol. The number of hydrogen-bond acceptors (Lipinski definition) is 7. The van der Waals surface area contributed by atoms with Crippen LogP contribution in [0, 0.1) is 0 Å². The number of methoxy groups -OCH3 is 1. The zero-order valence-electron chi connectivity index (χ0n) is 23.6. The van der Waals surface area contributed by atoms with E-state index in [2.05, 4.69) is 70.3 Å². The van der Waals surface area contributed by atoms with Crippen LogP contribution in [0.5, 0.6) is 5.75 Å². The first-order chi connectivity index (χ1) is 19.7. The monoisotopic (exact) mass is 537 g/mol. The Morgan fingerprint density at radius 2 is 1.65 bits per heavy atom. The standard InChI is InChI=1S/C33H39N5O2/c1-36(18-19-37-20-22-40-23-21-37)27-12-13-30-29(24-27)33(35-32(34-30)26-8-4-3-5-9-26)38-16-14-25(15-17-38)28-10-6-7-11-31(28)39-2/h3-13,24-25H,14-23H2,1-2H3. The van der Waals surface area contributed by atoms with E-state index in [1.165, 1.54) is 11.3 Å². The Hall–Kier alpha value is -3.68. The second-order valence-electron chi connectivity index (χ2n) is 10.8. The molecule has 0 atom stereocenters. The number of para-hydroxylation sites is 1. The summed E-state index contributed by atoms with van der Waals surface area (Å²) in [6.45, 7) is 7.57. The average Bonchev–Trinajstić information content (AvgIpc) is 3.04. The molecule has 208 valence electrons. The van der Waals surface area contributed by atoms with Crippen molar-refractivity contribution in [3.8, 4) is 17.1 Å². The summed E-state index contributed by atoms with van der Waals surface area (Å²) < 4.78 is 11.2. The molecule has 7 heteroatoms. The van der Waals surface area contributed by atoms with Crippen molar-refractivity contribution in [3.63, 3.8) is 0 Å². The number of anilines is 2. The van der Waals surface area contributed by atoms with E-state index in [0.717, 1.165) is 99.2 Å². The molecule has 0 aliphatic carbocycles. The predicted molar refractivity (Wildman–Crippen MR) is 163 cm³/mol. The molecule has 6 rings (SSSR count). The Morgan fingerprint density at radius 3 is 2.42 bits per heavy atom. The van der Waals surface area contributed by atoms with Gasteiger partial charge in [-0.3, -0.25) is 4.90 Å². The fraction of sp³-hybridized carbons (Fsp3) is 0.394. The summed E-state index contributed by atoms with van der Waals surface area (Å²) in [5, 5.41) is 1.12. The third-order valence-corrected chi connectivity index (χ3v) is 8.36. The molecule has 40 heavy (non-hydrogen) atoms. The van der Waals surface area contributed by atoms with Crippen molar-refractivity contribution in [2.24, 2.45) is 0 Å². The van der Waals surface area contributed by atoms with Crippen LogP contribution in [-0.2, 0) is 4.74 Å². The maximum absolute atomic E-state index is 5.68. The summed E-state index contributed by atoms with van der Waals surface area (Å²) in [5.41, 5.74) is 4.54. The van der Waals surface area contributed by atoms with Gasteiger partial charge in [-0.05, 0) is 48.6 Å². The lowest BCUT2D eigenvalue weighted by Gasteiger charge is -2.34. The molecule has 2 aliphatic heterocycles. The van der Waals surface area contributed by atoms with Gasteiger partial charge < -0.3 is 19.3 Å². The lowest BCUT2D eigenvalue weighted by atomic mass is 9.88. The van der Waals surface area contributed by atoms with E-state index in [0.29, 0.717) is 5.92 Å². The summed E-state index contributed by atoms with van der Waals surface area (Å²) in [7, 11) is 3.95. The first-order valence-electron chi connectivity index (χ1n) is 14.5. The molecule has 4 aromatic rings. The highest BCUT2D eigenvalue weighted by molar-refractivity contribution is 5.93. The van der Waals surface area contributed by atoms with Crippen molar-refractivity contribution in [2.45, 2.75) is 18.8 Å². The van der Waals surface area contributed by atoms with Gasteiger partial charge in [-0.25, -0.2) is 9.97 Å². The maximum atomic E-state index is 5.68. The summed E-state index contributed by atoms with van der Waals surface area (Å²) in [4.78, 5) is 17.5. The fourth-order valence-electron chi connectivity index (χ4n) is 5.95. The highest BCUT2D eigenvalue weighted by atomic mass is 16.5. The van der Waals surface area contributed by atoms with Crippen LogP contribution in [0.4, 0.5) is 11.5 Å². The SMILES string of the molecule is COc1ccccc1C1CCN(c2nc(-c3ccccc3)nc3ccc(N(C)CCN4CCOCC4)cc23)CC1. The number of likely N-dealkylation sites (N-methyl/N-ethyl adjacent to an activating group) is 1. The molecule has 0 N–H and O–H groups in total. The van der Waals surface area contributed by atoms with Crippen LogP contribution >= 0.6 is 0 Å². The van der Waals surface area contributed by atoms with Crippen molar-refractivity contribution in [3.05, 3.63) is 78.4 Å². The second-order valence-corrected chi connectivity index (χ2v) is 10.8. The third kappa shape index (κ3) is 5.76. The summed E-state index contributed by atoms with van der Waals surface area (Å²) >= 11 is 0. The van der Waals surface area contributed by atoms with Gasteiger partial charge in [0.15, 0.2) is 5.82 Å². The Labute approximate surface area is 237 Å². The number of morpholine rings is 1. The van der Waals surface area contributed by atoms with E-state index >= 15 is 0 Å². The quantitative estimate of drug-likeness (QED) is 0.296. The minimum Gasteiger partial charge on any atom is -0.496 e. The zero-order valence-corrected chi connectivity index (χ0v) is 23.6. The van der Waals surface area contributed by atoms with Crippen LogP contribution in [0.1, 0.15) is 24.3 Å². The molecule has 2 aliphatic rings. The third-order valence-electron chi connectivity index (χ3n) is 8.36. The highest BCUT2D eigenvalue weighted by Gasteiger charge is 2.26. The molecule has 2 saturated heterocycles. The van der Waals surface area contributed by atoms with Gasteiger partial charge in [-0.1, -0.05) is 48.5 Å². The van der Waals surface area contributed by atoms with E-state index in [9.17, 15) is 0 Å². The number of benzene rings is 3. The number of nitrogens with zero attached hydrogens (tertiary/aromatic N) is 5. The van der Waals surface area contributed by atoms with Crippen molar-refractivity contribution < 1.29 is 9.47 Å². The number of ether oxygens (including phenoxy) is 2. The van der Waals surface area contributed by atoms with Crippen molar-refractivity contribution in [1.29, 1.82) is 0 Å². The zero-order chi connectivity index (χ0) is 27.3. The fourth-order valence-corrected chi connectivity index (χ4v) is 5.95. The second kappa shape index (κ2) is 12.2. The lowest BCUT2D eigenvalue weighted by molar-refractivity contribution is 0.0393. The summed E-state index contributed by atoms with van der Waals surface area (Å²) in [6, 6.07) is 25.4. The van der Waals surface area contributed by atoms with Gasteiger partial charge >= 0.3 is 0 Å². The van der Waals surface area contributed by atoms with Gasteiger partial charge in [0, 0.05) is 63.0 Å². The van der Waals surface area contributed by atoms with Gasteiger partial charge in [0.1, 0.15) is 11.6 Å². The highest BCUT2D eigenvalue weighted by Crippen LogP contribution is 2.37. The molecule has 3 heterocycles. The molecule has 0 unspecified atom stereocenters. The number of rotatable bonds is 8. The molecule has 0 spiro atoms. The molecular formula is C33H39N5O2. The number of piperidine rings is 1. The van der Waals surface area contributed by atoms with E-state index in [-0.39, 0.29) is 0 Å². The first kappa shape index (κ1) is 26.5. The normalized spacial score (nSPS) is 16.8. The van der Waals surface area contributed by atoms with Crippen LogP contribution in [0.2, 0.25) is 0 Å². The van der Waals surface area contributed by atoms with E-state index in [1.807, 2.05) is 24.3 Å². The van der Waals surface area contributed by atoms with Crippen LogP contribution in [0.3, 0.4) is 0 Å². The number of hydrogen-bond donors (Lipinski definition) is 0. The topological polar surface area (TPSA) is 54.0 Å². The number of aromatic nitrogens is 2. The molecular weight excluding hydrogens is 498 g/mol. The largest absolute Gasteiger partial charge is 0.496 e. The van der Waals surface area contributed by atoms with E-state index in [1.54, 1.807) is 7.11 Å². The van der Waals surface area contributed by atoms with E-state index in [4.69, 9.17) is 19.4 Å². The Bertz CT molecular complexity index is 1420. The number of fused-ring (bicyclic) bond motifs is 1. The van der Waals surface area contributed by atoms with Gasteiger partial charge in [-0.15, -0.1) is 0 Å². The smallest absolute Gasteiger partial charge is 0.162 e. The minimum atomic E-state index is 0.482. The van der Waals surface area contributed by atoms with Crippen molar-refractivity contribution in [1.82, 2.24) is 14.9 Å². The van der Waals surface area contributed by atoms with Crippen molar-refractivity contribution in [2.75, 3.05) is 76.4 Å². The Balaban J connectivity index is 1.29. The predicted octanol–water partition coefficient (Wildman–Crippen LogP) is 5.46. The lowest BCUT2D eigenvalue weighted by Crippen LogP contribution is -2.40. The van der Waals surface area contributed by atoms with Gasteiger partial charge in [0.25, 0.3) is 0 Å². The van der Waals surface area contributed by atoms with Gasteiger partial charge in [0.2, 0.25) is 0 Å². The van der Waals surface area contributed by atoms with Crippen molar-refractivity contribution >= 4 is 22.4 Å². The Kier molecular flexibility index (Phi) is 8.11. The van der Waals surface area contributed by atoms with Crippen LogP contribution in [0.25, 0.3) is 22.3 Å². The summed E-state index contributed by atoms with van der Waals surface area (Å²) in [5.74, 6) is 3.29. The van der Waals surface area contributed by atoms with Crippen LogP contribution < -0.4 is 14.5 Å². The molecule has 7 nitrogen and oxygen atoms in total.